The fourth-order valence-electron chi connectivity index (χ4n) is 2.81. The second kappa shape index (κ2) is 8.11. The zero-order valence-electron chi connectivity index (χ0n) is 14.3. The highest BCUT2D eigenvalue weighted by Gasteiger charge is 2.16. The van der Waals surface area contributed by atoms with Gasteiger partial charge in [0, 0.05) is 17.5 Å². The quantitative estimate of drug-likeness (QED) is 0.539. The molecular formula is C23H21NO. The topological polar surface area (TPSA) is 20.3 Å². The minimum atomic E-state index is -0.0434. The largest absolute Gasteiger partial charge is 0.278 e. The van der Waals surface area contributed by atoms with E-state index in [9.17, 15) is 4.79 Å². The lowest BCUT2D eigenvalue weighted by Gasteiger charge is -2.22. The van der Waals surface area contributed by atoms with Crippen LogP contribution in [0.5, 0.6) is 0 Å². The summed E-state index contributed by atoms with van der Waals surface area (Å²) in [5.74, 6) is -0.0434. The van der Waals surface area contributed by atoms with Crippen LogP contribution in [0.1, 0.15) is 18.9 Å². The molecule has 0 saturated heterocycles. The van der Waals surface area contributed by atoms with Crippen molar-refractivity contribution in [2.45, 2.75) is 13.3 Å². The molecule has 1 amide bonds. The van der Waals surface area contributed by atoms with E-state index in [4.69, 9.17) is 0 Å². The molecule has 0 N–H and O–H groups in total. The predicted octanol–water partition coefficient (Wildman–Crippen LogP) is 5.84. The van der Waals surface area contributed by atoms with Crippen LogP contribution in [0, 0.1) is 0 Å². The van der Waals surface area contributed by atoms with E-state index in [1.54, 1.807) is 11.0 Å². The Morgan fingerprint density at radius 1 is 0.760 bits per heavy atom. The van der Waals surface area contributed by atoms with E-state index >= 15 is 0 Å². The average Bonchev–Trinajstić information content (AvgIpc) is 2.69. The number of para-hydroxylation sites is 2. The highest BCUT2D eigenvalue weighted by Crippen LogP contribution is 2.27. The lowest BCUT2D eigenvalue weighted by molar-refractivity contribution is -0.113. The fourth-order valence-corrected chi connectivity index (χ4v) is 2.81. The summed E-state index contributed by atoms with van der Waals surface area (Å²) in [7, 11) is 0. The summed E-state index contributed by atoms with van der Waals surface area (Å²) in [6.07, 6.45) is 2.54. The zero-order valence-corrected chi connectivity index (χ0v) is 14.3. The van der Waals surface area contributed by atoms with E-state index < -0.39 is 0 Å². The Bertz CT molecular complexity index is 800. The number of hydrogen-bond acceptors (Lipinski definition) is 1. The summed E-state index contributed by atoms with van der Waals surface area (Å²) in [4.78, 5) is 14.9. The molecule has 3 aromatic carbocycles. The van der Waals surface area contributed by atoms with E-state index in [-0.39, 0.29) is 5.91 Å². The van der Waals surface area contributed by atoms with Crippen LogP contribution in [-0.2, 0) is 4.79 Å². The van der Waals surface area contributed by atoms with Crippen molar-refractivity contribution < 1.29 is 4.79 Å². The van der Waals surface area contributed by atoms with Gasteiger partial charge in [-0.2, -0.15) is 0 Å². The summed E-state index contributed by atoms with van der Waals surface area (Å²) in [5, 5.41) is 0. The number of carbonyl (C=O) groups excluding carboxylic acids is 1. The molecule has 0 heterocycles. The average molecular weight is 327 g/mol. The summed E-state index contributed by atoms with van der Waals surface area (Å²) < 4.78 is 0. The molecule has 0 spiro atoms. The molecule has 25 heavy (non-hydrogen) atoms. The molecule has 0 atom stereocenters. The first-order valence-electron chi connectivity index (χ1n) is 8.50. The molecule has 0 unspecified atom stereocenters. The molecule has 3 rings (SSSR count). The Balaban J connectivity index is 2.01. The van der Waals surface area contributed by atoms with Gasteiger partial charge in [0.1, 0.15) is 0 Å². The molecule has 0 aliphatic rings. The van der Waals surface area contributed by atoms with Crippen LogP contribution in [-0.4, -0.2) is 5.91 Å². The highest BCUT2D eigenvalue weighted by molar-refractivity contribution is 6.10. The third kappa shape index (κ3) is 4.04. The van der Waals surface area contributed by atoms with Gasteiger partial charge in [0.25, 0.3) is 5.91 Å². The molecule has 0 bridgehead atoms. The molecule has 0 aromatic heterocycles. The van der Waals surface area contributed by atoms with Crippen molar-refractivity contribution in [2.75, 3.05) is 4.90 Å². The van der Waals surface area contributed by atoms with Gasteiger partial charge in [-0.1, -0.05) is 73.7 Å². The second-order valence-corrected chi connectivity index (χ2v) is 5.73. The van der Waals surface area contributed by atoms with Gasteiger partial charge in [-0.15, -0.1) is 0 Å². The van der Waals surface area contributed by atoms with Gasteiger partial charge in [0.2, 0.25) is 0 Å². The second-order valence-electron chi connectivity index (χ2n) is 5.73. The number of amides is 1. The lowest BCUT2D eigenvalue weighted by atomic mass is 10.0. The lowest BCUT2D eigenvalue weighted by Crippen LogP contribution is -2.24. The number of allylic oxidation sites excluding steroid dienone is 1. The van der Waals surface area contributed by atoms with Crippen LogP contribution in [0.4, 0.5) is 11.4 Å². The molecule has 2 nitrogen and oxygen atoms in total. The van der Waals surface area contributed by atoms with Gasteiger partial charge in [-0.3, -0.25) is 9.69 Å². The van der Waals surface area contributed by atoms with Crippen molar-refractivity contribution >= 4 is 22.9 Å². The highest BCUT2D eigenvalue weighted by atomic mass is 16.2. The van der Waals surface area contributed by atoms with Gasteiger partial charge >= 0.3 is 0 Å². The predicted molar refractivity (Wildman–Crippen MR) is 105 cm³/mol. The van der Waals surface area contributed by atoms with Crippen LogP contribution in [0.25, 0.3) is 5.57 Å². The Morgan fingerprint density at radius 2 is 1.20 bits per heavy atom. The number of anilines is 2. The number of benzene rings is 3. The number of nitrogens with zero attached hydrogens (tertiary/aromatic N) is 1. The molecule has 2 heteroatoms. The molecule has 0 aliphatic carbocycles. The van der Waals surface area contributed by atoms with Crippen LogP contribution in [0.3, 0.4) is 0 Å². The Morgan fingerprint density at radius 3 is 1.64 bits per heavy atom. The standard InChI is InChI=1S/C23H21NO/c1-2-19(20-12-6-3-7-13-20)18-23(25)24(21-14-8-4-9-15-21)22-16-10-5-11-17-22/h3-18H,2H2,1H3/b19-18+. The first-order valence-corrected chi connectivity index (χ1v) is 8.50. The Hall–Kier alpha value is -3.13. The normalized spacial score (nSPS) is 11.2. The van der Waals surface area contributed by atoms with Gasteiger partial charge in [-0.05, 0) is 41.8 Å². The first kappa shape index (κ1) is 16.7. The molecule has 0 radical (unpaired) electrons. The number of carbonyl (C=O) groups is 1. The molecule has 3 aromatic rings. The Kier molecular flexibility index (Phi) is 5.43. The van der Waals surface area contributed by atoms with Crippen LogP contribution < -0.4 is 4.90 Å². The molecule has 124 valence electrons. The fraction of sp³-hybridized carbons (Fsp3) is 0.0870. The van der Waals surface area contributed by atoms with Crippen molar-refractivity contribution in [3.63, 3.8) is 0 Å². The van der Waals surface area contributed by atoms with Crippen LogP contribution >= 0.6 is 0 Å². The van der Waals surface area contributed by atoms with Gasteiger partial charge in [0.05, 0.1) is 0 Å². The summed E-state index contributed by atoms with van der Waals surface area (Å²) in [6, 6.07) is 29.5. The van der Waals surface area contributed by atoms with Crippen molar-refractivity contribution in [3.05, 3.63) is 103 Å². The van der Waals surface area contributed by atoms with Crippen molar-refractivity contribution in [3.8, 4) is 0 Å². The van der Waals surface area contributed by atoms with E-state index in [1.165, 1.54) is 0 Å². The Labute approximate surface area is 149 Å². The van der Waals surface area contributed by atoms with E-state index in [0.717, 1.165) is 28.9 Å². The summed E-state index contributed by atoms with van der Waals surface area (Å²) in [5.41, 5.74) is 3.83. The SMILES string of the molecule is CC/C(=C\C(=O)N(c1ccccc1)c1ccccc1)c1ccccc1. The van der Waals surface area contributed by atoms with E-state index in [1.807, 2.05) is 91.0 Å². The van der Waals surface area contributed by atoms with Gasteiger partial charge in [-0.25, -0.2) is 0 Å². The van der Waals surface area contributed by atoms with Crippen molar-refractivity contribution in [2.24, 2.45) is 0 Å². The maximum absolute atomic E-state index is 13.1. The molecule has 0 saturated carbocycles. The molecular weight excluding hydrogens is 306 g/mol. The van der Waals surface area contributed by atoms with E-state index in [2.05, 4.69) is 6.92 Å². The maximum Gasteiger partial charge on any atom is 0.255 e. The summed E-state index contributed by atoms with van der Waals surface area (Å²) >= 11 is 0. The minimum Gasteiger partial charge on any atom is -0.278 e. The number of rotatable bonds is 5. The molecule has 0 fully saturated rings. The van der Waals surface area contributed by atoms with Crippen molar-refractivity contribution in [1.29, 1.82) is 0 Å². The number of hydrogen-bond donors (Lipinski definition) is 0. The smallest absolute Gasteiger partial charge is 0.255 e. The van der Waals surface area contributed by atoms with Gasteiger partial charge < -0.3 is 0 Å². The van der Waals surface area contributed by atoms with Gasteiger partial charge in [0.15, 0.2) is 0 Å². The van der Waals surface area contributed by atoms with Crippen molar-refractivity contribution in [1.82, 2.24) is 0 Å². The minimum absolute atomic E-state index is 0.0434. The third-order valence-corrected chi connectivity index (χ3v) is 4.07. The third-order valence-electron chi connectivity index (χ3n) is 4.07. The zero-order chi connectivity index (χ0) is 17.5. The van der Waals surface area contributed by atoms with Crippen LogP contribution in [0.2, 0.25) is 0 Å². The monoisotopic (exact) mass is 327 g/mol. The maximum atomic E-state index is 13.1. The summed E-state index contributed by atoms with van der Waals surface area (Å²) in [6.45, 7) is 2.07. The van der Waals surface area contributed by atoms with Crippen LogP contribution in [0.15, 0.2) is 97.1 Å². The molecule has 0 aliphatic heterocycles. The van der Waals surface area contributed by atoms with E-state index in [0.29, 0.717) is 0 Å². The first-order chi connectivity index (χ1) is 12.3.